The number of fused-ring (bicyclic) bond motifs is 3. The van der Waals surface area contributed by atoms with Gasteiger partial charge in [-0.05, 0) is 19.1 Å². The zero-order valence-corrected chi connectivity index (χ0v) is 14.5. The van der Waals surface area contributed by atoms with Gasteiger partial charge < -0.3 is 9.84 Å². The van der Waals surface area contributed by atoms with Crippen molar-refractivity contribution in [2.45, 2.75) is 17.2 Å². The monoisotopic (exact) mass is 360 g/mol. The Morgan fingerprint density at radius 2 is 2.13 bits per heavy atom. The van der Waals surface area contributed by atoms with Crippen LogP contribution in [0.15, 0.2) is 16.3 Å². The van der Waals surface area contributed by atoms with Gasteiger partial charge in [-0.2, -0.15) is 4.31 Å². The molecule has 9 heteroatoms. The van der Waals surface area contributed by atoms with Gasteiger partial charge in [0.15, 0.2) is 0 Å². The Morgan fingerprint density at radius 1 is 1.35 bits per heavy atom. The molecule has 2 fully saturated rings. The summed E-state index contributed by atoms with van der Waals surface area (Å²) in [6.45, 7) is 3.79. The number of hydrogen-bond acceptors (Lipinski definition) is 6. The first kappa shape index (κ1) is 16.8. The number of hydrogen-bond donors (Lipinski definition) is 1. The van der Waals surface area contributed by atoms with Crippen molar-refractivity contribution in [1.82, 2.24) is 9.21 Å². The molecule has 2 atom stereocenters. The summed E-state index contributed by atoms with van der Waals surface area (Å²) < 4.78 is 33.2. The lowest BCUT2D eigenvalue weighted by atomic mass is 10.1. The summed E-state index contributed by atoms with van der Waals surface area (Å²) >= 11 is 1.27. The van der Waals surface area contributed by atoms with Crippen molar-refractivity contribution in [3.05, 3.63) is 17.0 Å². The van der Waals surface area contributed by atoms with Crippen LogP contribution < -0.4 is 0 Å². The Bertz CT molecular complexity index is 687. The van der Waals surface area contributed by atoms with Gasteiger partial charge in [-0.15, -0.1) is 11.3 Å². The number of nitrogens with zero attached hydrogens (tertiary/aromatic N) is 2. The second-order valence-electron chi connectivity index (χ2n) is 6.07. The van der Waals surface area contributed by atoms with Crippen molar-refractivity contribution >= 4 is 27.3 Å². The summed E-state index contributed by atoms with van der Waals surface area (Å²) in [5, 5.41) is 9.07. The van der Waals surface area contributed by atoms with Crippen LogP contribution >= 0.6 is 11.3 Å². The highest BCUT2D eigenvalue weighted by molar-refractivity contribution is 7.91. The van der Waals surface area contributed by atoms with Crippen LogP contribution in [0.25, 0.3) is 0 Å². The van der Waals surface area contributed by atoms with E-state index in [-0.39, 0.29) is 25.0 Å². The molecule has 0 radical (unpaired) electrons. The fourth-order valence-electron chi connectivity index (χ4n) is 3.13. The highest BCUT2D eigenvalue weighted by atomic mass is 32.2. The minimum Gasteiger partial charge on any atom is -0.480 e. The number of carboxylic acid groups (broad SMARTS) is 1. The number of ether oxygens (including phenoxy) is 1. The zero-order chi connectivity index (χ0) is 16.6. The SMILES string of the molecule is Cc1ccc(S(=O)(=O)N2C[C@@H]3COC[C@H](C2)N(CC(=O)O)C3)s1. The molecular formula is C14H20N2O5S2. The zero-order valence-electron chi connectivity index (χ0n) is 12.8. The predicted octanol–water partition coefficient (Wildman–Crippen LogP) is 0.462. The van der Waals surface area contributed by atoms with Crippen LogP contribution in [-0.2, 0) is 19.6 Å². The first-order valence-corrected chi connectivity index (χ1v) is 9.72. The maximum Gasteiger partial charge on any atom is 0.317 e. The maximum absolute atomic E-state index is 12.9. The molecule has 2 saturated heterocycles. The topological polar surface area (TPSA) is 87.2 Å². The van der Waals surface area contributed by atoms with E-state index in [0.717, 1.165) is 4.88 Å². The van der Waals surface area contributed by atoms with Crippen molar-refractivity contribution in [3.63, 3.8) is 0 Å². The molecule has 0 spiro atoms. The van der Waals surface area contributed by atoms with Gasteiger partial charge in [0.2, 0.25) is 0 Å². The van der Waals surface area contributed by atoms with Gasteiger partial charge in [-0.25, -0.2) is 8.42 Å². The highest BCUT2D eigenvalue weighted by Crippen LogP contribution is 2.28. The van der Waals surface area contributed by atoms with Crippen LogP contribution in [0.2, 0.25) is 0 Å². The average molecular weight is 360 g/mol. The van der Waals surface area contributed by atoms with E-state index in [1.165, 1.54) is 15.6 Å². The van der Waals surface area contributed by atoms with Crippen molar-refractivity contribution < 1.29 is 23.1 Å². The molecule has 7 nitrogen and oxygen atoms in total. The number of rotatable bonds is 4. The molecule has 2 aliphatic heterocycles. The minimum absolute atomic E-state index is 0.0160. The predicted molar refractivity (Wildman–Crippen MR) is 85.1 cm³/mol. The van der Waals surface area contributed by atoms with Gasteiger partial charge in [0.25, 0.3) is 10.0 Å². The van der Waals surface area contributed by atoms with Crippen LogP contribution in [0, 0.1) is 12.8 Å². The van der Waals surface area contributed by atoms with Gasteiger partial charge in [0, 0.05) is 36.5 Å². The summed E-state index contributed by atoms with van der Waals surface area (Å²) in [6.07, 6.45) is 0. The number of carbonyl (C=O) groups is 1. The van der Waals surface area contributed by atoms with Crippen LogP contribution in [0.3, 0.4) is 0 Å². The van der Waals surface area contributed by atoms with E-state index in [4.69, 9.17) is 9.84 Å². The number of carboxylic acids is 1. The largest absolute Gasteiger partial charge is 0.480 e. The first-order chi connectivity index (χ1) is 10.9. The van der Waals surface area contributed by atoms with Crippen molar-refractivity contribution in [1.29, 1.82) is 0 Å². The van der Waals surface area contributed by atoms with E-state index in [0.29, 0.717) is 30.5 Å². The maximum atomic E-state index is 12.9. The molecule has 0 amide bonds. The third kappa shape index (κ3) is 3.58. The molecule has 0 saturated carbocycles. The normalized spacial score (nSPS) is 26.8. The molecule has 23 heavy (non-hydrogen) atoms. The standard InChI is InChI=1S/C14H20N2O5S2/c1-10-2-3-14(22-10)23(19,20)16-5-11-4-15(7-13(17)18)12(6-16)9-21-8-11/h2-3,11-12H,4-9H2,1H3,(H,17,18)/t11-,12+/m1/s1. The summed E-state index contributed by atoms with van der Waals surface area (Å²) in [4.78, 5) is 13.8. The molecule has 1 N–H and O–H groups in total. The Morgan fingerprint density at radius 3 is 2.78 bits per heavy atom. The summed E-state index contributed by atoms with van der Waals surface area (Å²) in [5.41, 5.74) is 0. The van der Waals surface area contributed by atoms with E-state index in [1.807, 2.05) is 11.8 Å². The Balaban J connectivity index is 1.86. The van der Waals surface area contributed by atoms with Crippen molar-refractivity contribution in [2.75, 3.05) is 39.4 Å². The Labute approximate surface area is 139 Å². The average Bonchev–Trinajstić information content (AvgIpc) is 2.70. The minimum atomic E-state index is -3.54. The van der Waals surface area contributed by atoms with E-state index in [2.05, 4.69) is 0 Å². The molecule has 128 valence electrons. The van der Waals surface area contributed by atoms with Crippen LogP contribution in [-0.4, -0.2) is 74.1 Å². The summed E-state index contributed by atoms with van der Waals surface area (Å²) in [6, 6.07) is 3.21. The molecule has 2 aliphatic rings. The smallest absolute Gasteiger partial charge is 0.317 e. The second kappa shape index (κ2) is 6.48. The number of aliphatic carboxylic acids is 1. The molecule has 2 bridgehead atoms. The quantitative estimate of drug-likeness (QED) is 0.840. The third-order valence-electron chi connectivity index (χ3n) is 4.20. The van der Waals surface area contributed by atoms with Crippen LogP contribution in [0.1, 0.15) is 4.88 Å². The lowest BCUT2D eigenvalue weighted by Gasteiger charge is -2.29. The molecule has 0 unspecified atom stereocenters. The van der Waals surface area contributed by atoms with Gasteiger partial charge in [-0.3, -0.25) is 9.69 Å². The summed E-state index contributed by atoms with van der Waals surface area (Å²) in [7, 11) is -3.54. The molecule has 1 aromatic heterocycles. The molecule has 0 aromatic carbocycles. The highest BCUT2D eigenvalue weighted by Gasteiger charge is 2.39. The van der Waals surface area contributed by atoms with E-state index in [1.54, 1.807) is 12.1 Å². The number of sulfonamides is 1. The van der Waals surface area contributed by atoms with Gasteiger partial charge in [0.05, 0.1) is 19.8 Å². The first-order valence-electron chi connectivity index (χ1n) is 7.46. The van der Waals surface area contributed by atoms with Crippen molar-refractivity contribution in [2.24, 2.45) is 5.92 Å². The Hall–Kier alpha value is -1.00. The molecule has 1 aromatic rings. The summed E-state index contributed by atoms with van der Waals surface area (Å²) in [5.74, 6) is -0.918. The molecule has 3 rings (SSSR count). The number of aryl methyl sites for hydroxylation is 1. The van der Waals surface area contributed by atoms with Crippen LogP contribution in [0.4, 0.5) is 0 Å². The van der Waals surface area contributed by atoms with Gasteiger partial charge in [-0.1, -0.05) is 0 Å². The van der Waals surface area contributed by atoms with E-state index >= 15 is 0 Å². The molecular weight excluding hydrogens is 340 g/mol. The van der Waals surface area contributed by atoms with E-state index in [9.17, 15) is 13.2 Å². The number of thiophene rings is 1. The lowest BCUT2D eigenvalue weighted by molar-refractivity contribution is -0.139. The van der Waals surface area contributed by atoms with Gasteiger partial charge in [0.1, 0.15) is 4.21 Å². The fourth-order valence-corrected chi connectivity index (χ4v) is 6.12. The fraction of sp³-hybridized carbons (Fsp3) is 0.643. The van der Waals surface area contributed by atoms with Crippen molar-refractivity contribution in [3.8, 4) is 0 Å². The molecule has 0 aliphatic carbocycles. The lowest BCUT2D eigenvalue weighted by Crippen LogP contribution is -2.46. The van der Waals surface area contributed by atoms with E-state index < -0.39 is 16.0 Å². The molecule has 3 heterocycles. The third-order valence-corrected chi connectivity index (χ3v) is 7.50. The van der Waals surface area contributed by atoms with Crippen LogP contribution in [0.5, 0.6) is 0 Å². The van der Waals surface area contributed by atoms with Gasteiger partial charge >= 0.3 is 5.97 Å². The second-order valence-corrected chi connectivity index (χ2v) is 9.52. The Kier molecular flexibility index (Phi) is 4.75.